The Kier molecular flexibility index (Phi) is 5.48. The lowest BCUT2D eigenvalue weighted by molar-refractivity contribution is -0.123. The van der Waals surface area contributed by atoms with Crippen LogP contribution >= 0.6 is 0 Å². The van der Waals surface area contributed by atoms with Crippen LogP contribution in [0.1, 0.15) is 70.6 Å². The quantitative estimate of drug-likeness (QED) is 0.791. The molecule has 2 fully saturated rings. The van der Waals surface area contributed by atoms with Crippen LogP contribution in [-0.2, 0) is 4.79 Å². The molecule has 0 radical (unpaired) electrons. The number of aliphatic hydroxyl groups excluding tert-OH is 1. The Labute approximate surface area is 110 Å². The Morgan fingerprint density at radius 3 is 2.44 bits per heavy atom. The van der Waals surface area contributed by atoms with Gasteiger partial charge in [-0.15, -0.1) is 0 Å². The van der Waals surface area contributed by atoms with Gasteiger partial charge >= 0.3 is 0 Å². The molecule has 0 heterocycles. The van der Waals surface area contributed by atoms with Gasteiger partial charge in [-0.3, -0.25) is 4.79 Å². The molecule has 0 aromatic rings. The molecule has 18 heavy (non-hydrogen) atoms. The summed E-state index contributed by atoms with van der Waals surface area (Å²) in [6, 6.07) is 0.0118. The number of carbonyl (C=O) groups is 1. The van der Waals surface area contributed by atoms with Crippen LogP contribution in [0, 0.1) is 5.92 Å². The number of nitrogens with one attached hydrogen (secondary N) is 1. The molecule has 0 aromatic carbocycles. The summed E-state index contributed by atoms with van der Waals surface area (Å²) in [7, 11) is 0. The van der Waals surface area contributed by atoms with Gasteiger partial charge in [0.2, 0.25) is 5.91 Å². The first-order valence-electron chi connectivity index (χ1n) is 7.73. The summed E-state index contributed by atoms with van der Waals surface area (Å²) in [5.74, 6) is 1.01. The zero-order valence-corrected chi connectivity index (χ0v) is 11.4. The second-order valence-corrected chi connectivity index (χ2v) is 6.07. The van der Waals surface area contributed by atoms with Gasteiger partial charge in [0.25, 0.3) is 0 Å². The SMILES string of the molecule is O=C(CCCC1CCCC1)NC1CCCCC1O. The van der Waals surface area contributed by atoms with Crippen molar-refractivity contribution >= 4 is 5.91 Å². The molecule has 2 saturated carbocycles. The van der Waals surface area contributed by atoms with E-state index in [4.69, 9.17) is 0 Å². The van der Waals surface area contributed by atoms with E-state index < -0.39 is 0 Å². The molecule has 2 unspecified atom stereocenters. The summed E-state index contributed by atoms with van der Waals surface area (Å²) in [6.07, 6.45) is 12.0. The Hall–Kier alpha value is -0.570. The van der Waals surface area contributed by atoms with Crippen LogP contribution in [0.15, 0.2) is 0 Å². The maximum Gasteiger partial charge on any atom is 0.220 e. The molecule has 1 amide bonds. The predicted molar refractivity (Wildman–Crippen MR) is 72.2 cm³/mol. The van der Waals surface area contributed by atoms with Gasteiger partial charge < -0.3 is 10.4 Å². The van der Waals surface area contributed by atoms with E-state index in [-0.39, 0.29) is 18.1 Å². The Morgan fingerprint density at radius 2 is 1.72 bits per heavy atom. The fourth-order valence-electron chi connectivity index (χ4n) is 3.41. The molecule has 2 aliphatic carbocycles. The van der Waals surface area contributed by atoms with Crippen molar-refractivity contribution in [2.24, 2.45) is 5.92 Å². The van der Waals surface area contributed by atoms with Gasteiger partial charge in [0.15, 0.2) is 0 Å². The van der Waals surface area contributed by atoms with E-state index in [2.05, 4.69) is 5.32 Å². The van der Waals surface area contributed by atoms with E-state index in [0.717, 1.165) is 38.0 Å². The van der Waals surface area contributed by atoms with Crippen LogP contribution in [0.25, 0.3) is 0 Å². The molecule has 0 saturated heterocycles. The Morgan fingerprint density at radius 1 is 1.06 bits per heavy atom. The summed E-state index contributed by atoms with van der Waals surface area (Å²) < 4.78 is 0. The van der Waals surface area contributed by atoms with E-state index in [1.54, 1.807) is 0 Å². The summed E-state index contributed by atoms with van der Waals surface area (Å²) in [5.41, 5.74) is 0. The standard InChI is InChI=1S/C15H27NO2/c17-14-10-4-3-9-13(14)16-15(18)11-5-8-12-6-1-2-7-12/h12-14,17H,1-11H2,(H,16,18). The molecule has 3 heteroatoms. The molecule has 2 atom stereocenters. The molecule has 2 rings (SSSR count). The van der Waals surface area contributed by atoms with E-state index >= 15 is 0 Å². The lowest BCUT2D eigenvalue weighted by Gasteiger charge is -2.28. The minimum Gasteiger partial charge on any atom is -0.391 e. The Bertz CT molecular complexity index is 261. The normalized spacial score (nSPS) is 29.4. The van der Waals surface area contributed by atoms with E-state index in [1.807, 2.05) is 0 Å². The van der Waals surface area contributed by atoms with Crippen LogP contribution in [0.3, 0.4) is 0 Å². The molecule has 0 aromatic heterocycles. The maximum absolute atomic E-state index is 11.8. The second-order valence-electron chi connectivity index (χ2n) is 6.07. The summed E-state index contributed by atoms with van der Waals surface area (Å²) in [6.45, 7) is 0. The average Bonchev–Trinajstić information content (AvgIpc) is 2.85. The van der Waals surface area contributed by atoms with Crippen molar-refractivity contribution in [1.82, 2.24) is 5.32 Å². The van der Waals surface area contributed by atoms with E-state index in [0.29, 0.717) is 6.42 Å². The molecular weight excluding hydrogens is 226 g/mol. The van der Waals surface area contributed by atoms with Crippen molar-refractivity contribution in [2.45, 2.75) is 82.8 Å². The monoisotopic (exact) mass is 253 g/mol. The van der Waals surface area contributed by atoms with Crippen molar-refractivity contribution in [3.8, 4) is 0 Å². The minimum atomic E-state index is -0.322. The molecular formula is C15H27NO2. The van der Waals surface area contributed by atoms with Gasteiger partial charge in [-0.2, -0.15) is 0 Å². The lowest BCUT2D eigenvalue weighted by atomic mass is 9.92. The zero-order chi connectivity index (χ0) is 12.8. The first-order chi connectivity index (χ1) is 8.75. The molecule has 0 spiro atoms. The number of amides is 1. The molecule has 0 aliphatic heterocycles. The van der Waals surface area contributed by atoms with Gasteiger partial charge in [-0.25, -0.2) is 0 Å². The highest BCUT2D eigenvalue weighted by molar-refractivity contribution is 5.76. The van der Waals surface area contributed by atoms with Gasteiger partial charge in [0, 0.05) is 6.42 Å². The van der Waals surface area contributed by atoms with E-state index in [9.17, 15) is 9.90 Å². The van der Waals surface area contributed by atoms with Crippen molar-refractivity contribution in [1.29, 1.82) is 0 Å². The number of hydrogen-bond acceptors (Lipinski definition) is 2. The zero-order valence-electron chi connectivity index (χ0n) is 11.4. The van der Waals surface area contributed by atoms with Gasteiger partial charge in [0.1, 0.15) is 0 Å². The number of carbonyl (C=O) groups excluding carboxylic acids is 1. The third-order valence-electron chi connectivity index (χ3n) is 4.57. The topological polar surface area (TPSA) is 49.3 Å². The van der Waals surface area contributed by atoms with Crippen molar-refractivity contribution in [2.75, 3.05) is 0 Å². The first-order valence-corrected chi connectivity index (χ1v) is 7.73. The summed E-state index contributed by atoms with van der Waals surface area (Å²) >= 11 is 0. The van der Waals surface area contributed by atoms with Crippen LogP contribution < -0.4 is 5.32 Å². The third-order valence-corrected chi connectivity index (χ3v) is 4.57. The van der Waals surface area contributed by atoms with Crippen LogP contribution in [0.2, 0.25) is 0 Å². The fourth-order valence-corrected chi connectivity index (χ4v) is 3.41. The first kappa shape index (κ1) is 13.9. The fraction of sp³-hybridized carbons (Fsp3) is 0.933. The van der Waals surface area contributed by atoms with Crippen molar-refractivity contribution in [3.05, 3.63) is 0 Å². The largest absolute Gasteiger partial charge is 0.391 e. The van der Waals surface area contributed by atoms with Crippen LogP contribution in [0.5, 0.6) is 0 Å². The number of rotatable bonds is 5. The average molecular weight is 253 g/mol. The number of aliphatic hydroxyl groups is 1. The van der Waals surface area contributed by atoms with Gasteiger partial charge in [-0.1, -0.05) is 38.5 Å². The second kappa shape index (κ2) is 7.13. The Balaban J connectivity index is 1.59. The van der Waals surface area contributed by atoms with Gasteiger partial charge in [-0.05, 0) is 31.6 Å². The summed E-state index contributed by atoms with van der Waals surface area (Å²) in [5, 5.41) is 12.8. The molecule has 2 aliphatic rings. The summed E-state index contributed by atoms with van der Waals surface area (Å²) in [4.78, 5) is 11.8. The molecule has 2 N–H and O–H groups in total. The highest BCUT2D eigenvalue weighted by Gasteiger charge is 2.24. The lowest BCUT2D eigenvalue weighted by Crippen LogP contribution is -2.45. The maximum atomic E-state index is 11.8. The van der Waals surface area contributed by atoms with Crippen molar-refractivity contribution in [3.63, 3.8) is 0 Å². The predicted octanol–water partition coefficient (Wildman–Crippen LogP) is 2.77. The number of hydrogen-bond donors (Lipinski definition) is 2. The highest BCUT2D eigenvalue weighted by Crippen LogP contribution is 2.28. The minimum absolute atomic E-state index is 0.0118. The smallest absolute Gasteiger partial charge is 0.220 e. The van der Waals surface area contributed by atoms with E-state index in [1.165, 1.54) is 32.1 Å². The molecule has 3 nitrogen and oxygen atoms in total. The van der Waals surface area contributed by atoms with Crippen LogP contribution in [-0.4, -0.2) is 23.2 Å². The molecule has 104 valence electrons. The van der Waals surface area contributed by atoms with Gasteiger partial charge in [0.05, 0.1) is 12.1 Å². The third kappa shape index (κ3) is 4.27. The van der Waals surface area contributed by atoms with Crippen molar-refractivity contribution < 1.29 is 9.90 Å². The molecule has 0 bridgehead atoms. The highest BCUT2D eigenvalue weighted by atomic mass is 16.3. The van der Waals surface area contributed by atoms with Crippen LogP contribution in [0.4, 0.5) is 0 Å².